The topological polar surface area (TPSA) is 20.2 Å². The van der Waals surface area contributed by atoms with Gasteiger partial charge in [0.05, 0.1) is 6.61 Å². The van der Waals surface area contributed by atoms with Crippen LogP contribution in [0.5, 0.6) is 0 Å². The van der Waals surface area contributed by atoms with Gasteiger partial charge >= 0.3 is 0 Å². The van der Waals surface area contributed by atoms with Crippen molar-refractivity contribution in [3.8, 4) is 11.1 Å². The molecule has 1 heteroatoms. The third-order valence-corrected chi connectivity index (χ3v) is 2.27. The van der Waals surface area contributed by atoms with Crippen LogP contribution < -0.4 is 0 Å². The van der Waals surface area contributed by atoms with E-state index in [0.717, 1.165) is 16.7 Å². The van der Waals surface area contributed by atoms with Crippen LogP contribution in [0.3, 0.4) is 0 Å². The molecule has 0 unspecified atom stereocenters. The van der Waals surface area contributed by atoms with E-state index in [4.69, 9.17) is 0 Å². The molecule has 0 fully saturated rings. The minimum absolute atomic E-state index is 0.0884. The van der Waals surface area contributed by atoms with E-state index in [1.54, 1.807) is 6.08 Å². The van der Waals surface area contributed by atoms with Crippen LogP contribution in [0.1, 0.15) is 12.5 Å². The molecule has 0 spiro atoms. The number of benzene rings is 2. The van der Waals surface area contributed by atoms with Gasteiger partial charge in [0, 0.05) is 0 Å². The lowest BCUT2D eigenvalue weighted by molar-refractivity contribution is 0.282. The van der Waals surface area contributed by atoms with Crippen LogP contribution in [0, 0.1) is 0 Å². The smallest absolute Gasteiger partial charge is 0.0687 e. The van der Waals surface area contributed by atoms with Crippen LogP contribution in [0.4, 0.5) is 0 Å². The third-order valence-electron chi connectivity index (χ3n) is 2.27. The molecule has 0 aliphatic rings. The minimum Gasteiger partial charge on any atom is -0.392 e. The van der Waals surface area contributed by atoms with Crippen LogP contribution in [-0.2, 0) is 6.61 Å². The molecule has 0 radical (unpaired) electrons. The van der Waals surface area contributed by atoms with E-state index in [-0.39, 0.29) is 6.61 Å². The molecular formula is C16H18O. The van der Waals surface area contributed by atoms with Gasteiger partial charge in [-0.1, -0.05) is 60.7 Å². The van der Waals surface area contributed by atoms with E-state index in [1.165, 1.54) is 0 Å². The highest BCUT2D eigenvalue weighted by molar-refractivity contribution is 5.66. The Morgan fingerprint density at radius 2 is 1.53 bits per heavy atom. The van der Waals surface area contributed by atoms with Crippen molar-refractivity contribution in [2.45, 2.75) is 13.5 Å². The summed E-state index contributed by atoms with van der Waals surface area (Å²) in [5.74, 6) is 0. The second-order valence-corrected chi connectivity index (χ2v) is 3.59. The predicted molar refractivity (Wildman–Crippen MR) is 73.7 cm³/mol. The van der Waals surface area contributed by atoms with Gasteiger partial charge in [0.1, 0.15) is 0 Å². The Kier molecular flexibility index (Phi) is 5.76. The molecular weight excluding hydrogens is 208 g/mol. The van der Waals surface area contributed by atoms with Gasteiger partial charge in [-0.05, 0) is 23.6 Å². The Labute approximate surface area is 103 Å². The summed E-state index contributed by atoms with van der Waals surface area (Å²) in [6.45, 7) is 5.34. The first-order valence-electron chi connectivity index (χ1n) is 5.64. The van der Waals surface area contributed by atoms with E-state index < -0.39 is 0 Å². The lowest BCUT2D eigenvalue weighted by Crippen LogP contribution is -1.87. The quantitative estimate of drug-likeness (QED) is 0.766. The molecule has 2 rings (SSSR count). The zero-order valence-electron chi connectivity index (χ0n) is 10.1. The molecule has 0 aliphatic heterocycles. The fraction of sp³-hybridized carbons (Fsp3) is 0.125. The Morgan fingerprint density at radius 1 is 1.00 bits per heavy atom. The highest BCUT2D eigenvalue weighted by atomic mass is 16.3. The van der Waals surface area contributed by atoms with Gasteiger partial charge in [0.15, 0.2) is 0 Å². The van der Waals surface area contributed by atoms with E-state index in [1.807, 2.05) is 49.4 Å². The lowest BCUT2D eigenvalue weighted by atomic mass is 10.0. The molecule has 2 aromatic carbocycles. The van der Waals surface area contributed by atoms with Gasteiger partial charge in [-0.25, -0.2) is 0 Å². The Hall–Kier alpha value is -1.86. The zero-order chi connectivity index (χ0) is 12.5. The third kappa shape index (κ3) is 3.89. The molecule has 2 aromatic rings. The summed E-state index contributed by atoms with van der Waals surface area (Å²) in [7, 11) is 0. The molecule has 0 amide bonds. The number of aliphatic hydroxyl groups is 1. The number of allylic oxidation sites excluding steroid dienone is 1. The molecule has 0 aliphatic carbocycles. The van der Waals surface area contributed by atoms with Gasteiger partial charge in [0.25, 0.3) is 0 Å². The number of rotatable bonds is 2. The largest absolute Gasteiger partial charge is 0.392 e. The molecule has 0 aromatic heterocycles. The fourth-order valence-electron chi connectivity index (χ4n) is 1.56. The molecule has 17 heavy (non-hydrogen) atoms. The van der Waals surface area contributed by atoms with Crippen LogP contribution in [-0.4, -0.2) is 5.11 Å². The molecule has 0 saturated carbocycles. The van der Waals surface area contributed by atoms with E-state index in [9.17, 15) is 5.11 Å². The summed E-state index contributed by atoms with van der Waals surface area (Å²) in [6, 6.07) is 18.0. The van der Waals surface area contributed by atoms with Crippen LogP contribution in [0.15, 0.2) is 67.3 Å². The van der Waals surface area contributed by atoms with Crippen LogP contribution in [0.2, 0.25) is 0 Å². The maximum absolute atomic E-state index is 9.18. The van der Waals surface area contributed by atoms with Crippen molar-refractivity contribution >= 4 is 0 Å². The van der Waals surface area contributed by atoms with Crippen molar-refractivity contribution in [3.05, 3.63) is 72.8 Å². The average Bonchev–Trinajstić information content (AvgIpc) is 2.40. The normalized spacial score (nSPS) is 9.06. The lowest BCUT2D eigenvalue weighted by Gasteiger charge is -2.06. The molecule has 1 N–H and O–H groups in total. The van der Waals surface area contributed by atoms with Crippen LogP contribution >= 0.6 is 0 Å². The van der Waals surface area contributed by atoms with E-state index in [2.05, 4.69) is 18.7 Å². The highest BCUT2D eigenvalue weighted by Gasteiger charge is 2.01. The maximum atomic E-state index is 9.18. The first kappa shape index (κ1) is 13.2. The van der Waals surface area contributed by atoms with Crippen LogP contribution in [0.25, 0.3) is 11.1 Å². The number of hydrogen-bond acceptors (Lipinski definition) is 1. The summed E-state index contributed by atoms with van der Waals surface area (Å²) in [6.07, 6.45) is 1.75. The van der Waals surface area contributed by atoms with Crippen molar-refractivity contribution in [1.82, 2.24) is 0 Å². The summed E-state index contributed by atoms with van der Waals surface area (Å²) < 4.78 is 0. The van der Waals surface area contributed by atoms with E-state index in [0.29, 0.717) is 0 Å². The summed E-state index contributed by atoms with van der Waals surface area (Å²) in [5.41, 5.74) is 3.23. The highest BCUT2D eigenvalue weighted by Crippen LogP contribution is 2.22. The second-order valence-electron chi connectivity index (χ2n) is 3.59. The number of hydrogen-bond donors (Lipinski definition) is 1. The van der Waals surface area contributed by atoms with Crippen molar-refractivity contribution in [1.29, 1.82) is 0 Å². The van der Waals surface area contributed by atoms with Crippen molar-refractivity contribution in [3.63, 3.8) is 0 Å². The summed E-state index contributed by atoms with van der Waals surface area (Å²) in [4.78, 5) is 0. The average molecular weight is 226 g/mol. The Morgan fingerprint density at radius 3 is 2.12 bits per heavy atom. The predicted octanol–water partition coefficient (Wildman–Crippen LogP) is 4.04. The molecule has 0 heterocycles. The van der Waals surface area contributed by atoms with Crippen molar-refractivity contribution in [2.75, 3.05) is 0 Å². The molecule has 0 bridgehead atoms. The Bertz CT molecular complexity index is 446. The zero-order valence-corrected chi connectivity index (χ0v) is 10.1. The van der Waals surface area contributed by atoms with E-state index >= 15 is 0 Å². The van der Waals surface area contributed by atoms with Crippen molar-refractivity contribution < 1.29 is 5.11 Å². The molecule has 88 valence electrons. The maximum Gasteiger partial charge on any atom is 0.0687 e. The first-order chi connectivity index (χ1) is 8.33. The van der Waals surface area contributed by atoms with Crippen molar-refractivity contribution in [2.24, 2.45) is 0 Å². The Balaban J connectivity index is 0.000000437. The monoisotopic (exact) mass is 226 g/mol. The van der Waals surface area contributed by atoms with Gasteiger partial charge in [-0.3, -0.25) is 0 Å². The molecule has 1 nitrogen and oxygen atoms in total. The van der Waals surface area contributed by atoms with Gasteiger partial charge in [-0.2, -0.15) is 0 Å². The SMILES string of the molecule is C=CC.OCc1ccccc1-c1ccccc1. The number of aliphatic hydroxyl groups excluding tert-OH is 1. The fourth-order valence-corrected chi connectivity index (χ4v) is 1.56. The summed E-state index contributed by atoms with van der Waals surface area (Å²) >= 11 is 0. The second kappa shape index (κ2) is 7.42. The molecule has 0 atom stereocenters. The standard InChI is InChI=1S/C13H12O.C3H6/c14-10-12-8-4-5-9-13(12)11-6-2-1-3-7-11;1-3-2/h1-9,14H,10H2;3H,1H2,2H3. The van der Waals surface area contributed by atoms with Gasteiger partial charge < -0.3 is 5.11 Å². The summed E-state index contributed by atoms with van der Waals surface area (Å²) in [5, 5.41) is 9.18. The first-order valence-corrected chi connectivity index (χ1v) is 5.64. The minimum atomic E-state index is 0.0884. The van der Waals surface area contributed by atoms with Gasteiger partial charge in [-0.15, -0.1) is 6.58 Å². The van der Waals surface area contributed by atoms with Gasteiger partial charge in [0.2, 0.25) is 0 Å². The molecule has 0 saturated heterocycles.